The first-order valence-corrected chi connectivity index (χ1v) is 12.7. The maximum absolute atomic E-state index is 13.3. The number of allylic oxidation sites excluding steroid dienone is 3. The van der Waals surface area contributed by atoms with E-state index in [0.717, 1.165) is 6.08 Å². The van der Waals surface area contributed by atoms with Crippen molar-refractivity contribution in [2.24, 2.45) is 11.8 Å². The highest BCUT2D eigenvalue weighted by atomic mass is 16.6. The van der Waals surface area contributed by atoms with Crippen LogP contribution >= 0.6 is 0 Å². The Kier molecular flexibility index (Phi) is 11.2. The number of nitrogens with one attached hydrogen (secondary N) is 1. The number of carbonyl (C=O) groups excluding carboxylic acids is 3. The largest absolute Gasteiger partial charge is 0.492 e. The van der Waals surface area contributed by atoms with Crippen LogP contribution in [0.2, 0.25) is 0 Å². The Bertz CT molecular complexity index is 1040. The summed E-state index contributed by atoms with van der Waals surface area (Å²) in [6.07, 6.45) is 2.45. The lowest BCUT2D eigenvalue weighted by Gasteiger charge is -2.33. The smallest absolute Gasteiger partial charge is 0.251 e. The molecule has 1 aliphatic carbocycles. The van der Waals surface area contributed by atoms with Crippen LogP contribution in [0.5, 0.6) is 0 Å². The number of ketones is 2. The van der Waals surface area contributed by atoms with E-state index in [4.69, 9.17) is 14.2 Å². The highest BCUT2D eigenvalue weighted by Crippen LogP contribution is 2.30. The monoisotopic (exact) mass is 535 g/mol. The molecular formula is C28H41NO9. The van der Waals surface area contributed by atoms with Crippen molar-refractivity contribution in [3.63, 3.8) is 0 Å². The van der Waals surface area contributed by atoms with Crippen molar-refractivity contribution >= 4 is 17.5 Å². The molecule has 5 atom stereocenters. The molecule has 1 heterocycles. The minimum absolute atomic E-state index is 0.0766. The fourth-order valence-corrected chi connectivity index (χ4v) is 4.84. The molecule has 2 rings (SSSR count). The van der Waals surface area contributed by atoms with E-state index >= 15 is 0 Å². The van der Waals surface area contributed by atoms with Gasteiger partial charge in [-0.2, -0.15) is 0 Å². The molecule has 10 nitrogen and oxygen atoms in total. The highest BCUT2D eigenvalue weighted by molar-refractivity contribution is 6.23. The average molecular weight is 536 g/mol. The van der Waals surface area contributed by atoms with Crippen molar-refractivity contribution in [2.75, 3.05) is 21.3 Å². The molecule has 0 saturated carbocycles. The number of rotatable bonds is 3. The molecule has 1 amide bonds. The second kappa shape index (κ2) is 13.4. The van der Waals surface area contributed by atoms with Gasteiger partial charge in [0.05, 0.1) is 25.0 Å². The van der Waals surface area contributed by atoms with Gasteiger partial charge >= 0.3 is 0 Å². The zero-order valence-corrected chi connectivity index (χ0v) is 23.2. The average Bonchev–Trinajstić information content (AvgIpc) is 2.86. The van der Waals surface area contributed by atoms with Gasteiger partial charge in [0.2, 0.25) is 17.4 Å². The van der Waals surface area contributed by atoms with Crippen LogP contribution in [0.15, 0.2) is 46.4 Å². The molecule has 0 saturated heterocycles. The standard InChI is InChI=1S/C28H41NO9/c1-15-11-19-25(32)20(14-21(30)26(19)38-7)29-27(33)16(2)9-8-10-23(37-6)28(34,35)18(4)13-17(3)24(31)22(12-15)36-5/h9,13-15,17,22-24,31,34-35H,8,10-12H2,1-7H3,(H,29,33)/b16-9+,18-13+/t15-,17+,22+,23?,24-/m1/s1. The molecule has 2 aliphatic rings. The number of aliphatic hydroxyl groups excluding tert-OH is 1. The second-order valence-corrected chi connectivity index (χ2v) is 10.2. The number of ether oxygens (including phenoxy) is 3. The summed E-state index contributed by atoms with van der Waals surface area (Å²) in [5.74, 6) is -4.75. The maximum atomic E-state index is 13.3. The Morgan fingerprint density at radius 3 is 2.29 bits per heavy atom. The van der Waals surface area contributed by atoms with E-state index in [1.165, 1.54) is 21.3 Å². The van der Waals surface area contributed by atoms with Crippen LogP contribution in [-0.2, 0) is 28.6 Å². The zero-order chi connectivity index (χ0) is 28.8. The highest BCUT2D eigenvalue weighted by Gasteiger charge is 2.38. The van der Waals surface area contributed by atoms with Crippen molar-refractivity contribution in [1.82, 2.24) is 5.32 Å². The van der Waals surface area contributed by atoms with Gasteiger partial charge in [0.1, 0.15) is 6.10 Å². The molecule has 0 aromatic carbocycles. The molecule has 38 heavy (non-hydrogen) atoms. The molecule has 212 valence electrons. The van der Waals surface area contributed by atoms with Crippen molar-refractivity contribution in [3.05, 3.63) is 46.4 Å². The van der Waals surface area contributed by atoms with Gasteiger partial charge in [0.25, 0.3) is 5.91 Å². The van der Waals surface area contributed by atoms with E-state index in [0.29, 0.717) is 6.42 Å². The van der Waals surface area contributed by atoms with E-state index in [1.807, 2.05) is 6.92 Å². The first-order chi connectivity index (χ1) is 17.8. The number of fused-ring (bicyclic) bond motifs is 2. The molecule has 0 aromatic rings. The fraction of sp³-hybridized carbons (Fsp3) is 0.607. The van der Waals surface area contributed by atoms with Crippen molar-refractivity contribution in [3.8, 4) is 0 Å². The van der Waals surface area contributed by atoms with Gasteiger partial charge in [-0.05, 0) is 51.0 Å². The topological polar surface area (TPSA) is 152 Å². The molecule has 0 spiro atoms. The third kappa shape index (κ3) is 7.27. The number of amides is 1. The van der Waals surface area contributed by atoms with Crippen LogP contribution in [0.25, 0.3) is 0 Å². The van der Waals surface area contributed by atoms with Crippen LogP contribution < -0.4 is 5.32 Å². The lowest BCUT2D eigenvalue weighted by atomic mass is 9.85. The Morgan fingerprint density at radius 2 is 1.71 bits per heavy atom. The number of Topliss-reactive ketones (excluding diaryl/α,β-unsaturated/α-hetero) is 1. The van der Waals surface area contributed by atoms with Crippen LogP contribution in [-0.4, -0.2) is 78.2 Å². The normalized spacial score (nSPS) is 33.1. The number of methoxy groups -OCH3 is 3. The quantitative estimate of drug-likeness (QED) is 0.241. The predicted molar refractivity (Wildman–Crippen MR) is 139 cm³/mol. The minimum Gasteiger partial charge on any atom is -0.492 e. The Hall–Kier alpha value is -2.63. The summed E-state index contributed by atoms with van der Waals surface area (Å²) in [5, 5.41) is 35.3. The fourth-order valence-electron chi connectivity index (χ4n) is 4.84. The van der Waals surface area contributed by atoms with Gasteiger partial charge in [0, 0.05) is 37.4 Å². The van der Waals surface area contributed by atoms with E-state index in [1.54, 1.807) is 32.9 Å². The number of hydrogen-bond acceptors (Lipinski definition) is 9. The third-order valence-corrected chi connectivity index (χ3v) is 7.22. The first-order valence-electron chi connectivity index (χ1n) is 12.7. The van der Waals surface area contributed by atoms with Crippen LogP contribution in [0, 0.1) is 11.8 Å². The molecule has 1 unspecified atom stereocenters. The molecule has 0 fully saturated rings. The van der Waals surface area contributed by atoms with Gasteiger partial charge in [0.15, 0.2) is 5.76 Å². The van der Waals surface area contributed by atoms with Crippen molar-refractivity contribution < 1.29 is 43.9 Å². The first kappa shape index (κ1) is 31.6. The van der Waals surface area contributed by atoms with Crippen molar-refractivity contribution in [1.29, 1.82) is 0 Å². The SMILES string of the molecule is COC1=C2C[C@@H](C)C[C@H](OC)[C@H](O)[C@@H](C)/C=C(\C)C(O)(O)C(OC)CC/C=C(\C)C(=O)NC(=CC1=O)C2=O. The lowest BCUT2D eigenvalue weighted by molar-refractivity contribution is -0.207. The summed E-state index contributed by atoms with van der Waals surface area (Å²) in [5.41, 5.74) is 0.479. The molecule has 0 aromatic heterocycles. The zero-order valence-electron chi connectivity index (χ0n) is 23.2. The summed E-state index contributed by atoms with van der Waals surface area (Å²) < 4.78 is 16.2. The van der Waals surface area contributed by atoms with Crippen LogP contribution in [0.1, 0.15) is 53.4 Å². The third-order valence-electron chi connectivity index (χ3n) is 7.22. The Labute approximate surface area is 224 Å². The number of hydrogen-bond donors (Lipinski definition) is 4. The van der Waals surface area contributed by atoms with E-state index < -0.39 is 47.5 Å². The van der Waals surface area contributed by atoms with Crippen LogP contribution in [0.4, 0.5) is 0 Å². The summed E-state index contributed by atoms with van der Waals surface area (Å²) in [6, 6.07) is 0. The molecule has 1 aliphatic heterocycles. The summed E-state index contributed by atoms with van der Waals surface area (Å²) >= 11 is 0. The lowest BCUT2D eigenvalue weighted by Crippen LogP contribution is -2.45. The van der Waals surface area contributed by atoms with E-state index in [-0.39, 0.29) is 53.4 Å². The van der Waals surface area contributed by atoms with Gasteiger partial charge in [-0.15, -0.1) is 0 Å². The van der Waals surface area contributed by atoms with Gasteiger partial charge in [-0.25, -0.2) is 0 Å². The number of aliphatic hydroxyl groups is 3. The molecule has 0 radical (unpaired) electrons. The van der Waals surface area contributed by atoms with E-state index in [2.05, 4.69) is 5.32 Å². The van der Waals surface area contributed by atoms with E-state index in [9.17, 15) is 29.7 Å². The number of carbonyl (C=O) groups is 3. The molecule has 10 heteroatoms. The molecular weight excluding hydrogens is 494 g/mol. The maximum Gasteiger partial charge on any atom is 0.251 e. The Morgan fingerprint density at radius 1 is 1.05 bits per heavy atom. The minimum atomic E-state index is -2.32. The van der Waals surface area contributed by atoms with Gasteiger partial charge in [-0.3, -0.25) is 14.4 Å². The molecule has 4 N–H and O–H groups in total. The summed E-state index contributed by atoms with van der Waals surface area (Å²) in [6.45, 7) is 6.69. The summed E-state index contributed by atoms with van der Waals surface area (Å²) in [4.78, 5) is 38.8. The van der Waals surface area contributed by atoms with Gasteiger partial charge < -0.3 is 34.8 Å². The molecule has 2 bridgehead atoms. The second-order valence-electron chi connectivity index (χ2n) is 10.2. The Balaban J connectivity index is 2.52. The van der Waals surface area contributed by atoms with Crippen LogP contribution in [0.3, 0.4) is 0 Å². The van der Waals surface area contributed by atoms with Gasteiger partial charge in [-0.1, -0.05) is 26.0 Å². The predicted octanol–water partition coefficient (Wildman–Crippen LogP) is 1.85. The van der Waals surface area contributed by atoms with Crippen molar-refractivity contribution in [2.45, 2.75) is 77.5 Å². The summed E-state index contributed by atoms with van der Waals surface area (Å²) in [7, 11) is 4.13.